The first kappa shape index (κ1) is 8.66. The third kappa shape index (κ3) is 5.53. The van der Waals surface area contributed by atoms with Gasteiger partial charge in [-0.1, -0.05) is 12.2 Å². The quantitative estimate of drug-likeness (QED) is 0.545. The summed E-state index contributed by atoms with van der Waals surface area (Å²) >= 11 is 0. The molecule has 1 unspecified atom stereocenters. The third-order valence-corrected chi connectivity index (χ3v) is 1.18. The fourth-order valence-electron chi connectivity index (χ4n) is 0.697. The molecule has 0 fully saturated rings. The molecule has 0 radical (unpaired) electrons. The summed E-state index contributed by atoms with van der Waals surface area (Å²) in [4.78, 5) is 0. The summed E-state index contributed by atoms with van der Waals surface area (Å²) in [5, 5.41) is 0. The Morgan fingerprint density at radius 1 is 1.56 bits per heavy atom. The molecule has 0 heterocycles. The highest BCUT2D eigenvalue weighted by Gasteiger charge is 1.92. The Bertz CT molecular complexity index is 79.0. The van der Waals surface area contributed by atoms with Crippen LogP contribution in [0.15, 0.2) is 12.2 Å². The van der Waals surface area contributed by atoms with Crippen molar-refractivity contribution in [1.29, 1.82) is 0 Å². The molecule has 0 bridgehead atoms. The summed E-state index contributed by atoms with van der Waals surface area (Å²) in [5.74, 6) is 0. The topological polar surface area (TPSA) is 52.0 Å². The average molecular weight is 128 g/mol. The molecule has 4 N–H and O–H groups in total. The molecular formula is C7H16N2. The van der Waals surface area contributed by atoms with E-state index in [0.29, 0.717) is 0 Å². The van der Waals surface area contributed by atoms with E-state index in [0.717, 1.165) is 19.4 Å². The van der Waals surface area contributed by atoms with Gasteiger partial charge in [-0.15, -0.1) is 0 Å². The van der Waals surface area contributed by atoms with Crippen LogP contribution in [0.5, 0.6) is 0 Å². The molecule has 1 atom stereocenters. The van der Waals surface area contributed by atoms with E-state index in [1.54, 1.807) is 0 Å². The van der Waals surface area contributed by atoms with E-state index >= 15 is 0 Å². The molecule has 0 amide bonds. The largest absolute Gasteiger partial charge is 0.330 e. The highest BCUT2D eigenvalue weighted by molar-refractivity contribution is 4.88. The minimum Gasteiger partial charge on any atom is -0.330 e. The lowest BCUT2D eigenvalue weighted by atomic mass is 10.1. The van der Waals surface area contributed by atoms with E-state index in [1.165, 1.54) is 0 Å². The van der Waals surface area contributed by atoms with Crippen LogP contribution in [0.1, 0.15) is 19.8 Å². The van der Waals surface area contributed by atoms with Crippen LogP contribution in [0.4, 0.5) is 0 Å². The van der Waals surface area contributed by atoms with E-state index in [-0.39, 0.29) is 6.04 Å². The van der Waals surface area contributed by atoms with Gasteiger partial charge in [0.2, 0.25) is 0 Å². The Morgan fingerprint density at radius 3 is 2.67 bits per heavy atom. The lowest BCUT2D eigenvalue weighted by molar-refractivity contribution is 0.674. The van der Waals surface area contributed by atoms with Gasteiger partial charge in [-0.2, -0.15) is 0 Å². The zero-order chi connectivity index (χ0) is 7.11. The van der Waals surface area contributed by atoms with E-state index in [4.69, 9.17) is 11.5 Å². The molecule has 0 spiro atoms. The second-order valence-corrected chi connectivity index (χ2v) is 2.12. The van der Waals surface area contributed by atoms with E-state index < -0.39 is 0 Å². The minimum absolute atomic E-state index is 0.207. The molecule has 0 aromatic rings. The van der Waals surface area contributed by atoms with Crippen LogP contribution in [0.25, 0.3) is 0 Å². The van der Waals surface area contributed by atoms with Crippen LogP contribution in [0, 0.1) is 0 Å². The van der Waals surface area contributed by atoms with Gasteiger partial charge in [-0.3, -0.25) is 0 Å². The molecule has 0 aliphatic rings. The monoisotopic (exact) mass is 128 g/mol. The van der Waals surface area contributed by atoms with Crippen molar-refractivity contribution in [2.24, 2.45) is 11.5 Å². The molecule has 0 aromatic heterocycles. The van der Waals surface area contributed by atoms with Crippen LogP contribution < -0.4 is 11.5 Å². The molecule has 2 heteroatoms. The van der Waals surface area contributed by atoms with Crippen LogP contribution >= 0.6 is 0 Å². The zero-order valence-electron chi connectivity index (χ0n) is 6.01. The first-order valence-electron chi connectivity index (χ1n) is 3.39. The van der Waals surface area contributed by atoms with Crippen molar-refractivity contribution in [3.05, 3.63) is 12.2 Å². The Balaban J connectivity index is 3.15. The average Bonchev–Trinajstić information content (AvgIpc) is 1.85. The fourth-order valence-corrected chi connectivity index (χ4v) is 0.697. The van der Waals surface area contributed by atoms with Gasteiger partial charge in [0, 0.05) is 6.04 Å². The van der Waals surface area contributed by atoms with Gasteiger partial charge in [-0.05, 0) is 26.3 Å². The van der Waals surface area contributed by atoms with Gasteiger partial charge in [-0.25, -0.2) is 0 Å². The van der Waals surface area contributed by atoms with Crippen LogP contribution in [-0.4, -0.2) is 12.6 Å². The van der Waals surface area contributed by atoms with Crippen molar-refractivity contribution in [1.82, 2.24) is 0 Å². The lowest BCUT2D eigenvalue weighted by Gasteiger charge is -2.02. The second kappa shape index (κ2) is 5.79. The normalized spacial score (nSPS) is 14.6. The van der Waals surface area contributed by atoms with Crippen molar-refractivity contribution in [3.8, 4) is 0 Å². The first-order chi connectivity index (χ1) is 4.31. The molecule has 0 saturated heterocycles. The van der Waals surface area contributed by atoms with E-state index in [1.807, 2.05) is 19.1 Å². The molecule has 2 nitrogen and oxygen atoms in total. The molecule has 0 aliphatic carbocycles. The van der Waals surface area contributed by atoms with Gasteiger partial charge < -0.3 is 11.5 Å². The molecule has 9 heavy (non-hydrogen) atoms. The molecule has 0 aliphatic heterocycles. The van der Waals surface area contributed by atoms with Crippen LogP contribution in [0.3, 0.4) is 0 Å². The van der Waals surface area contributed by atoms with Gasteiger partial charge in [0.1, 0.15) is 0 Å². The number of nitrogens with two attached hydrogens (primary N) is 2. The number of hydrogen-bond acceptors (Lipinski definition) is 2. The highest BCUT2D eigenvalue weighted by atomic mass is 14.6. The third-order valence-electron chi connectivity index (χ3n) is 1.18. The number of allylic oxidation sites excluding steroid dienone is 1. The Morgan fingerprint density at radius 2 is 2.22 bits per heavy atom. The predicted molar refractivity (Wildman–Crippen MR) is 41.1 cm³/mol. The number of rotatable bonds is 4. The van der Waals surface area contributed by atoms with Crippen molar-refractivity contribution in [3.63, 3.8) is 0 Å². The molecule has 0 saturated carbocycles. The zero-order valence-corrected chi connectivity index (χ0v) is 6.01. The van der Waals surface area contributed by atoms with Crippen molar-refractivity contribution < 1.29 is 0 Å². The van der Waals surface area contributed by atoms with Crippen molar-refractivity contribution in [2.75, 3.05) is 6.54 Å². The van der Waals surface area contributed by atoms with Gasteiger partial charge in [0.15, 0.2) is 0 Å². The van der Waals surface area contributed by atoms with E-state index in [9.17, 15) is 0 Å². The van der Waals surface area contributed by atoms with Crippen molar-refractivity contribution in [2.45, 2.75) is 25.8 Å². The summed E-state index contributed by atoms with van der Waals surface area (Å²) in [6, 6.07) is 0.207. The maximum absolute atomic E-state index is 5.63. The Kier molecular flexibility index (Phi) is 5.57. The van der Waals surface area contributed by atoms with E-state index in [2.05, 4.69) is 0 Å². The molecular weight excluding hydrogens is 112 g/mol. The molecule has 0 aromatic carbocycles. The maximum atomic E-state index is 5.63. The minimum atomic E-state index is 0.207. The summed E-state index contributed by atoms with van der Waals surface area (Å²) in [6.07, 6.45) is 5.99. The van der Waals surface area contributed by atoms with Gasteiger partial charge >= 0.3 is 0 Å². The highest BCUT2D eigenvalue weighted by Crippen LogP contribution is 1.93. The van der Waals surface area contributed by atoms with Crippen molar-refractivity contribution >= 4 is 0 Å². The Labute approximate surface area is 56.9 Å². The Hall–Kier alpha value is -0.340. The van der Waals surface area contributed by atoms with Crippen LogP contribution in [0.2, 0.25) is 0 Å². The SMILES string of the molecule is C/C=C/C(N)CCCN. The summed E-state index contributed by atoms with van der Waals surface area (Å²) in [7, 11) is 0. The summed E-state index contributed by atoms with van der Waals surface area (Å²) < 4.78 is 0. The van der Waals surface area contributed by atoms with Gasteiger partial charge in [0.05, 0.1) is 0 Å². The summed E-state index contributed by atoms with van der Waals surface area (Å²) in [5.41, 5.74) is 10.9. The fraction of sp³-hybridized carbons (Fsp3) is 0.714. The smallest absolute Gasteiger partial charge is 0.0224 e. The maximum Gasteiger partial charge on any atom is 0.0224 e. The van der Waals surface area contributed by atoms with Crippen LogP contribution in [-0.2, 0) is 0 Å². The van der Waals surface area contributed by atoms with Gasteiger partial charge in [0.25, 0.3) is 0 Å². The first-order valence-corrected chi connectivity index (χ1v) is 3.39. The number of hydrogen-bond donors (Lipinski definition) is 2. The summed E-state index contributed by atoms with van der Waals surface area (Å²) in [6.45, 7) is 2.72. The molecule has 54 valence electrons. The standard InChI is InChI=1S/C7H16N2/c1-2-4-7(9)5-3-6-8/h2,4,7H,3,5-6,8-9H2,1H3/b4-2+. The molecule has 0 rings (SSSR count). The lowest BCUT2D eigenvalue weighted by Crippen LogP contribution is -2.17. The second-order valence-electron chi connectivity index (χ2n) is 2.12. The predicted octanol–water partition coefficient (Wildman–Crippen LogP) is 0.629.